The van der Waals surface area contributed by atoms with Crippen molar-refractivity contribution < 1.29 is 8.42 Å². The molecule has 1 aromatic carbocycles. The lowest BCUT2D eigenvalue weighted by Crippen LogP contribution is -2.47. The maximum Gasteiger partial charge on any atom is 0.209 e. The third-order valence-corrected chi connectivity index (χ3v) is 4.60. The number of aliphatic imine (C=N–C) groups is 1. The molecule has 142 valence electrons. The third kappa shape index (κ3) is 8.36. The van der Waals surface area contributed by atoms with Crippen LogP contribution in [-0.4, -0.2) is 39.3 Å². The van der Waals surface area contributed by atoms with Crippen molar-refractivity contribution in [2.24, 2.45) is 4.99 Å². The van der Waals surface area contributed by atoms with Gasteiger partial charge in [-0.3, -0.25) is 4.99 Å². The zero-order valence-electron chi connectivity index (χ0n) is 16.2. The van der Waals surface area contributed by atoms with Crippen LogP contribution in [0.2, 0.25) is 0 Å². The van der Waals surface area contributed by atoms with Gasteiger partial charge in [0, 0.05) is 12.1 Å². The largest absolute Gasteiger partial charge is 0.357 e. The van der Waals surface area contributed by atoms with Gasteiger partial charge in [0.15, 0.2) is 5.96 Å². The van der Waals surface area contributed by atoms with Crippen LogP contribution in [0.5, 0.6) is 0 Å². The van der Waals surface area contributed by atoms with E-state index < -0.39 is 15.6 Å². The molecule has 1 unspecified atom stereocenters. The predicted octanol–water partition coefficient (Wildman–Crippen LogP) is 2.19. The minimum atomic E-state index is -3.27. The van der Waals surface area contributed by atoms with Crippen LogP contribution in [-0.2, 0) is 16.4 Å². The highest BCUT2D eigenvalue weighted by Gasteiger charge is 2.22. The Labute approximate surface area is 152 Å². The minimum Gasteiger partial charge on any atom is -0.357 e. The number of aryl methyl sites for hydroxylation is 1. The van der Waals surface area contributed by atoms with E-state index in [4.69, 9.17) is 0 Å². The summed E-state index contributed by atoms with van der Waals surface area (Å²) in [5, 5.41) is 6.57. The van der Waals surface area contributed by atoms with E-state index in [0.717, 1.165) is 19.2 Å². The standard InChI is InChI=1S/C18H32N4O2S/c1-7-15-9-11-16(12-10-15)14(3)21-17(19-8-2)20-13-18(4,5)22-25(6,23)24/h9-12,14,22H,7-8,13H2,1-6H3,(H2,19,20,21). The molecule has 0 fully saturated rings. The molecule has 1 aromatic rings. The number of hydrogen-bond acceptors (Lipinski definition) is 3. The van der Waals surface area contributed by atoms with Gasteiger partial charge in [-0.2, -0.15) is 0 Å². The molecule has 0 saturated heterocycles. The summed E-state index contributed by atoms with van der Waals surface area (Å²) < 4.78 is 25.5. The highest BCUT2D eigenvalue weighted by atomic mass is 32.2. The Balaban J connectivity index is 2.80. The molecule has 0 bridgehead atoms. The normalized spacial score (nSPS) is 14.2. The van der Waals surface area contributed by atoms with Crippen molar-refractivity contribution in [1.82, 2.24) is 15.4 Å². The van der Waals surface area contributed by atoms with E-state index in [-0.39, 0.29) is 6.04 Å². The molecule has 25 heavy (non-hydrogen) atoms. The fourth-order valence-corrected chi connectivity index (χ4v) is 3.53. The molecular formula is C18H32N4O2S. The summed E-state index contributed by atoms with van der Waals surface area (Å²) in [6, 6.07) is 8.60. The van der Waals surface area contributed by atoms with Crippen molar-refractivity contribution in [1.29, 1.82) is 0 Å². The molecule has 1 rings (SSSR count). The molecule has 0 saturated carbocycles. The number of sulfonamides is 1. The number of benzene rings is 1. The van der Waals surface area contributed by atoms with Gasteiger partial charge in [-0.15, -0.1) is 0 Å². The van der Waals surface area contributed by atoms with Crippen molar-refractivity contribution in [2.45, 2.75) is 52.6 Å². The predicted molar refractivity (Wildman–Crippen MR) is 105 cm³/mol. The van der Waals surface area contributed by atoms with Gasteiger partial charge in [0.2, 0.25) is 10.0 Å². The number of nitrogens with zero attached hydrogens (tertiary/aromatic N) is 1. The van der Waals surface area contributed by atoms with E-state index in [1.165, 1.54) is 11.1 Å². The van der Waals surface area contributed by atoms with E-state index in [1.807, 2.05) is 20.8 Å². The van der Waals surface area contributed by atoms with Gasteiger partial charge in [0.05, 0.1) is 18.8 Å². The molecule has 1 atom stereocenters. The number of hydrogen-bond donors (Lipinski definition) is 3. The molecule has 7 heteroatoms. The first-order valence-corrected chi connectivity index (χ1v) is 10.6. The summed E-state index contributed by atoms with van der Waals surface area (Å²) in [5.41, 5.74) is 1.84. The highest BCUT2D eigenvalue weighted by Crippen LogP contribution is 2.14. The van der Waals surface area contributed by atoms with Crippen molar-refractivity contribution in [3.63, 3.8) is 0 Å². The Morgan fingerprint density at radius 1 is 1.20 bits per heavy atom. The van der Waals surface area contributed by atoms with Gasteiger partial charge in [0.1, 0.15) is 0 Å². The zero-order chi connectivity index (χ0) is 19.1. The molecular weight excluding hydrogens is 336 g/mol. The van der Waals surface area contributed by atoms with Crippen molar-refractivity contribution >= 4 is 16.0 Å². The van der Waals surface area contributed by atoms with Gasteiger partial charge in [-0.25, -0.2) is 13.1 Å². The van der Waals surface area contributed by atoms with Crippen molar-refractivity contribution in [3.05, 3.63) is 35.4 Å². The Kier molecular flexibility index (Phi) is 7.89. The second kappa shape index (κ2) is 9.20. The lowest BCUT2D eigenvalue weighted by atomic mass is 10.1. The van der Waals surface area contributed by atoms with Gasteiger partial charge in [0.25, 0.3) is 0 Å². The summed E-state index contributed by atoms with van der Waals surface area (Å²) >= 11 is 0. The highest BCUT2D eigenvalue weighted by molar-refractivity contribution is 7.88. The maximum atomic E-state index is 11.4. The van der Waals surface area contributed by atoms with E-state index in [9.17, 15) is 8.42 Å². The average molecular weight is 369 g/mol. The quantitative estimate of drug-likeness (QED) is 0.485. The molecule has 0 amide bonds. The lowest BCUT2D eigenvalue weighted by Gasteiger charge is -2.24. The van der Waals surface area contributed by atoms with Gasteiger partial charge < -0.3 is 10.6 Å². The average Bonchev–Trinajstić information content (AvgIpc) is 2.50. The lowest BCUT2D eigenvalue weighted by molar-refractivity contribution is 0.464. The van der Waals surface area contributed by atoms with Crippen molar-refractivity contribution in [2.75, 3.05) is 19.3 Å². The Morgan fingerprint density at radius 2 is 1.80 bits per heavy atom. The van der Waals surface area contributed by atoms with Crippen LogP contribution in [0.4, 0.5) is 0 Å². The SMILES string of the molecule is CCNC(=NCC(C)(C)NS(C)(=O)=O)NC(C)c1ccc(CC)cc1. The van der Waals surface area contributed by atoms with Crippen LogP contribution < -0.4 is 15.4 Å². The number of guanidine groups is 1. The third-order valence-electron chi connectivity index (χ3n) is 3.68. The summed E-state index contributed by atoms with van der Waals surface area (Å²) in [7, 11) is -3.27. The molecule has 0 aliphatic carbocycles. The van der Waals surface area contributed by atoms with Crippen LogP contribution in [0, 0.1) is 0 Å². The molecule has 0 aliphatic heterocycles. The van der Waals surface area contributed by atoms with Crippen LogP contribution in [0.25, 0.3) is 0 Å². The second-order valence-electron chi connectivity index (χ2n) is 6.91. The van der Waals surface area contributed by atoms with E-state index in [1.54, 1.807) is 0 Å². The fraction of sp³-hybridized carbons (Fsp3) is 0.611. The molecule has 0 aliphatic rings. The van der Waals surface area contributed by atoms with Crippen LogP contribution in [0.15, 0.2) is 29.3 Å². The minimum absolute atomic E-state index is 0.0923. The molecule has 6 nitrogen and oxygen atoms in total. The first-order valence-electron chi connectivity index (χ1n) is 8.69. The summed E-state index contributed by atoms with van der Waals surface area (Å²) in [5.74, 6) is 0.665. The van der Waals surface area contributed by atoms with E-state index >= 15 is 0 Å². The number of nitrogens with one attached hydrogen (secondary N) is 3. The molecule has 3 N–H and O–H groups in total. The smallest absolute Gasteiger partial charge is 0.209 e. The topological polar surface area (TPSA) is 82.6 Å². The molecule has 0 radical (unpaired) electrons. The van der Waals surface area contributed by atoms with E-state index in [0.29, 0.717) is 12.5 Å². The Morgan fingerprint density at radius 3 is 2.28 bits per heavy atom. The summed E-state index contributed by atoms with van der Waals surface area (Å²) in [6.45, 7) is 10.9. The molecule has 0 spiro atoms. The zero-order valence-corrected chi connectivity index (χ0v) is 17.0. The van der Waals surface area contributed by atoms with Crippen molar-refractivity contribution in [3.8, 4) is 0 Å². The summed E-state index contributed by atoms with van der Waals surface area (Å²) in [6.07, 6.45) is 2.18. The van der Waals surface area contributed by atoms with E-state index in [2.05, 4.69) is 58.5 Å². The number of rotatable bonds is 8. The fourth-order valence-electron chi connectivity index (χ4n) is 2.46. The Bertz CT molecular complexity index is 667. The maximum absolute atomic E-state index is 11.4. The van der Waals surface area contributed by atoms with Crippen LogP contribution in [0.1, 0.15) is 51.8 Å². The molecule has 0 aromatic heterocycles. The van der Waals surface area contributed by atoms with Gasteiger partial charge >= 0.3 is 0 Å². The molecule has 0 heterocycles. The second-order valence-corrected chi connectivity index (χ2v) is 8.66. The van der Waals surface area contributed by atoms with Gasteiger partial charge in [-0.1, -0.05) is 31.2 Å². The van der Waals surface area contributed by atoms with Crippen LogP contribution >= 0.6 is 0 Å². The first-order chi connectivity index (χ1) is 11.6. The Hall–Kier alpha value is -1.60. The summed E-state index contributed by atoms with van der Waals surface area (Å²) in [4.78, 5) is 4.54. The monoisotopic (exact) mass is 368 g/mol. The van der Waals surface area contributed by atoms with Crippen LogP contribution in [0.3, 0.4) is 0 Å². The van der Waals surface area contributed by atoms with Gasteiger partial charge in [-0.05, 0) is 45.2 Å². The first kappa shape index (κ1) is 21.4.